The standard InChI is InChI=1S/C23H30N2O3S/c1-3-5-6-7-8-16-28-20-14-12-19(13-15-20)24-23(29)25-22(26)18-10-9-11-21(17-18)27-4-2/h9-15,17H,3-8,16H2,1-2H3,(H2,24,25,26,29). The number of carbonyl (C=O) groups excluding carboxylic acids is 1. The number of benzene rings is 2. The van der Waals surface area contributed by atoms with Crippen molar-refractivity contribution in [2.75, 3.05) is 18.5 Å². The lowest BCUT2D eigenvalue weighted by molar-refractivity contribution is 0.0977. The monoisotopic (exact) mass is 414 g/mol. The summed E-state index contributed by atoms with van der Waals surface area (Å²) < 4.78 is 11.2. The first-order valence-corrected chi connectivity index (χ1v) is 10.6. The van der Waals surface area contributed by atoms with Crippen LogP contribution in [0.25, 0.3) is 0 Å². The fourth-order valence-corrected chi connectivity index (χ4v) is 2.97. The molecular formula is C23H30N2O3S. The molecule has 0 spiro atoms. The summed E-state index contributed by atoms with van der Waals surface area (Å²) >= 11 is 5.24. The van der Waals surface area contributed by atoms with Gasteiger partial charge in [0.2, 0.25) is 0 Å². The molecule has 0 saturated carbocycles. The molecule has 2 aromatic carbocycles. The summed E-state index contributed by atoms with van der Waals surface area (Å²) in [6.07, 6.45) is 6.07. The van der Waals surface area contributed by atoms with E-state index in [1.807, 2.05) is 37.3 Å². The SMILES string of the molecule is CCCCCCCOc1ccc(NC(=S)NC(=O)c2cccc(OCC)c2)cc1. The average molecular weight is 415 g/mol. The first-order chi connectivity index (χ1) is 14.1. The van der Waals surface area contributed by atoms with E-state index < -0.39 is 0 Å². The number of rotatable bonds is 11. The zero-order chi connectivity index (χ0) is 20.9. The molecule has 2 aromatic rings. The van der Waals surface area contributed by atoms with Gasteiger partial charge in [0, 0.05) is 11.3 Å². The first-order valence-electron chi connectivity index (χ1n) is 10.2. The van der Waals surface area contributed by atoms with Gasteiger partial charge in [0.25, 0.3) is 5.91 Å². The van der Waals surface area contributed by atoms with Crippen LogP contribution in [0.3, 0.4) is 0 Å². The predicted molar refractivity (Wildman–Crippen MR) is 122 cm³/mol. The van der Waals surface area contributed by atoms with Crippen molar-refractivity contribution in [3.8, 4) is 11.5 Å². The molecule has 0 aromatic heterocycles. The van der Waals surface area contributed by atoms with Gasteiger partial charge in [0.05, 0.1) is 13.2 Å². The second-order valence-electron chi connectivity index (χ2n) is 6.66. The van der Waals surface area contributed by atoms with Crippen molar-refractivity contribution in [1.29, 1.82) is 0 Å². The molecule has 0 aliphatic heterocycles. The largest absolute Gasteiger partial charge is 0.494 e. The Morgan fingerprint density at radius 1 is 0.931 bits per heavy atom. The van der Waals surface area contributed by atoms with E-state index in [-0.39, 0.29) is 11.0 Å². The fourth-order valence-electron chi connectivity index (χ4n) is 2.76. The molecule has 2 N–H and O–H groups in total. The maximum Gasteiger partial charge on any atom is 0.257 e. The van der Waals surface area contributed by atoms with E-state index in [1.54, 1.807) is 18.2 Å². The second-order valence-corrected chi connectivity index (χ2v) is 7.06. The summed E-state index contributed by atoms with van der Waals surface area (Å²) in [5, 5.41) is 5.93. The number of carbonyl (C=O) groups is 1. The minimum atomic E-state index is -0.285. The number of unbranched alkanes of at least 4 members (excludes halogenated alkanes) is 4. The van der Waals surface area contributed by atoms with Crippen LogP contribution >= 0.6 is 12.2 Å². The Hall–Kier alpha value is -2.60. The van der Waals surface area contributed by atoms with E-state index in [1.165, 1.54) is 25.7 Å². The summed E-state index contributed by atoms with van der Waals surface area (Å²) in [7, 11) is 0. The topological polar surface area (TPSA) is 59.6 Å². The van der Waals surface area contributed by atoms with Crippen LogP contribution in [0.1, 0.15) is 56.3 Å². The lowest BCUT2D eigenvalue weighted by atomic mass is 10.2. The normalized spacial score (nSPS) is 10.3. The molecule has 0 aliphatic carbocycles. The van der Waals surface area contributed by atoms with Crippen molar-refractivity contribution < 1.29 is 14.3 Å². The molecule has 0 bridgehead atoms. The Labute approximate surface area is 178 Å². The molecule has 29 heavy (non-hydrogen) atoms. The molecule has 0 unspecified atom stereocenters. The number of amides is 1. The van der Waals surface area contributed by atoms with Crippen molar-refractivity contribution in [2.24, 2.45) is 0 Å². The Balaban J connectivity index is 1.77. The Bertz CT molecular complexity index is 778. The van der Waals surface area contributed by atoms with E-state index in [0.717, 1.165) is 24.5 Å². The molecule has 156 valence electrons. The van der Waals surface area contributed by atoms with Gasteiger partial charge in [-0.15, -0.1) is 0 Å². The van der Waals surface area contributed by atoms with Gasteiger partial charge >= 0.3 is 0 Å². The second kappa shape index (κ2) is 12.8. The number of ether oxygens (including phenoxy) is 2. The number of hydrogen-bond acceptors (Lipinski definition) is 4. The zero-order valence-corrected chi connectivity index (χ0v) is 18.0. The van der Waals surface area contributed by atoms with Gasteiger partial charge in [-0.2, -0.15) is 0 Å². The number of anilines is 1. The summed E-state index contributed by atoms with van der Waals surface area (Å²) in [4.78, 5) is 12.4. The highest BCUT2D eigenvalue weighted by atomic mass is 32.1. The molecule has 0 saturated heterocycles. The molecule has 2 rings (SSSR count). The lowest BCUT2D eigenvalue weighted by Gasteiger charge is -2.11. The molecule has 0 heterocycles. The van der Waals surface area contributed by atoms with E-state index in [0.29, 0.717) is 17.9 Å². The van der Waals surface area contributed by atoms with Crippen molar-refractivity contribution in [3.63, 3.8) is 0 Å². The quantitative estimate of drug-likeness (QED) is 0.372. The Kier molecular flexibility index (Phi) is 10.00. The highest BCUT2D eigenvalue weighted by Gasteiger charge is 2.09. The molecule has 0 fully saturated rings. The number of thiocarbonyl (C=S) groups is 1. The third-order valence-electron chi connectivity index (χ3n) is 4.26. The molecule has 0 atom stereocenters. The van der Waals surface area contributed by atoms with Crippen LogP contribution in [0.2, 0.25) is 0 Å². The van der Waals surface area contributed by atoms with Crippen LogP contribution in [0.4, 0.5) is 5.69 Å². The fraction of sp³-hybridized carbons (Fsp3) is 0.391. The van der Waals surface area contributed by atoms with Crippen LogP contribution in [0.15, 0.2) is 48.5 Å². The van der Waals surface area contributed by atoms with Crippen LogP contribution < -0.4 is 20.1 Å². The predicted octanol–water partition coefficient (Wildman–Crippen LogP) is 5.56. The van der Waals surface area contributed by atoms with Crippen molar-refractivity contribution in [2.45, 2.75) is 46.0 Å². The van der Waals surface area contributed by atoms with Gasteiger partial charge in [0.15, 0.2) is 5.11 Å². The summed E-state index contributed by atoms with van der Waals surface area (Å²) in [6.45, 7) is 5.38. The van der Waals surface area contributed by atoms with E-state index >= 15 is 0 Å². The van der Waals surface area contributed by atoms with E-state index in [9.17, 15) is 4.79 Å². The molecular weight excluding hydrogens is 384 g/mol. The van der Waals surface area contributed by atoms with Gasteiger partial charge in [-0.25, -0.2) is 0 Å². The van der Waals surface area contributed by atoms with Gasteiger partial charge in [0.1, 0.15) is 11.5 Å². The minimum absolute atomic E-state index is 0.237. The maximum atomic E-state index is 12.4. The third kappa shape index (κ3) is 8.52. The Morgan fingerprint density at radius 3 is 2.41 bits per heavy atom. The van der Waals surface area contributed by atoms with Crippen molar-refractivity contribution in [3.05, 3.63) is 54.1 Å². The Morgan fingerprint density at radius 2 is 1.69 bits per heavy atom. The van der Waals surface area contributed by atoms with Gasteiger partial charge < -0.3 is 14.8 Å². The molecule has 6 heteroatoms. The number of nitrogens with one attached hydrogen (secondary N) is 2. The summed E-state index contributed by atoms with van der Waals surface area (Å²) in [5.41, 5.74) is 1.27. The summed E-state index contributed by atoms with van der Waals surface area (Å²) in [6, 6.07) is 14.5. The van der Waals surface area contributed by atoms with Gasteiger partial charge in [-0.05, 0) is 68.0 Å². The maximum absolute atomic E-state index is 12.4. The third-order valence-corrected chi connectivity index (χ3v) is 4.47. The van der Waals surface area contributed by atoms with Gasteiger partial charge in [-0.1, -0.05) is 38.7 Å². The molecule has 1 amide bonds. The van der Waals surface area contributed by atoms with Crippen LogP contribution in [-0.4, -0.2) is 24.2 Å². The highest BCUT2D eigenvalue weighted by molar-refractivity contribution is 7.80. The number of hydrogen-bond donors (Lipinski definition) is 2. The minimum Gasteiger partial charge on any atom is -0.494 e. The molecule has 5 nitrogen and oxygen atoms in total. The van der Waals surface area contributed by atoms with E-state index in [2.05, 4.69) is 17.6 Å². The van der Waals surface area contributed by atoms with Crippen LogP contribution in [0.5, 0.6) is 11.5 Å². The zero-order valence-electron chi connectivity index (χ0n) is 17.2. The lowest BCUT2D eigenvalue weighted by Crippen LogP contribution is -2.34. The van der Waals surface area contributed by atoms with Crippen molar-refractivity contribution in [1.82, 2.24) is 5.32 Å². The summed E-state index contributed by atoms with van der Waals surface area (Å²) in [5.74, 6) is 1.20. The first kappa shape index (κ1) is 22.7. The highest BCUT2D eigenvalue weighted by Crippen LogP contribution is 2.17. The van der Waals surface area contributed by atoms with Crippen LogP contribution in [-0.2, 0) is 0 Å². The molecule has 0 aliphatic rings. The molecule has 0 radical (unpaired) electrons. The average Bonchev–Trinajstić information content (AvgIpc) is 2.72. The van der Waals surface area contributed by atoms with Gasteiger partial charge in [-0.3, -0.25) is 10.1 Å². The van der Waals surface area contributed by atoms with Crippen molar-refractivity contribution >= 4 is 28.9 Å². The smallest absolute Gasteiger partial charge is 0.257 e. The van der Waals surface area contributed by atoms with Crippen LogP contribution in [0, 0.1) is 0 Å². The van der Waals surface area contributed by atoms with E-state index in [4.69, 9.17) is 21.7 Å².